The minimum Gasteiger partial charge on any atom is -0.347 e. The first kappa shape index (κ1) is 15.0. The standard InChI is InChI=1S/C19H15N5O/c25-19(22-12-14-6-8-20-9-7-14)16-13-24-11-10-21-17(18(24)23-16)15-4-2-1-3-5-15/h1-11,13H,12H2,(H,22,25). The van der Waals surface area contributed by atoms with Crippen molar-refractivity contribution in [1.82, 2.24) is 24.7 Å². The van der Waals surface area contributed by atoms with Crippen molar-refractivity contribution in [3.05, 3.63) is 84.7 Å². The van der Waals surface area contributed by atoms with E-state index in [4.69, 9.17) is 0 Å². The number of pyridine rings is 1. The minimum absolute atomic E-state index is 0.223. The van der Waals surface area contributed by atoms with Gasteiger partial charge in [-0.2, -0.15) is 0 Å². The molecular formula is C19H15N5O. The summed E-state index contributed by atoms with van der Waals surface area (Å²) >= 11 is 0. The average Bonchev–Trinajstić information content (AvgIpc) is 3.12. The quantitative estimate of drug-likeness (QED) is 0.625. The molecule has 1 amide bonds. The van der Waals surface area contributed by atoms with Crippen molar-refractivity contribution in [2.24, 2.45) is 0 Å². The van der Waals surface area contributed by atoms with Gasteiger partial charge >= 0.3 is 0 Å². The van der Waals surface area contributed by atoms with Crippen LogP contribution in [0, 0.1) is 0 Å². The van der Waals surface area contributed by atoms with Gasteiger partial charge in [-0.25, -0.2) is 4.98 Å². The summed E-state index contributed by atoms with van der Waals surface area (Å²) in [4.78, 5) is 25.3. The molecule has 4 aromatic rings. The van der Waals surface area contributed by atoms with E-state index in [1.807, 2.05) is 46.9 Å². The first-order valence-corrected chi connectivity index (χ1v) is 7.87. The Morgan fingerprint density at radius 2 is 1.84 bits per heavy atom. The third-order valence-corrected chi connectivity index (χ3v) is 3.86. The SMILES string of the molecule is O=C(NCc1ccncc1)c1cn2ccnc(-c3ccccc3)c2n1. The van der Waals surface area contributed by atoms with Gasteiger partial charge in [0.2, 0.25) is 0 Å². The van der Waals surface area contributed by atoms with Gasteiger partial charge in [0.1, 0.15) is 11.4 Å². The van der Waals surface area contributed by atoms with Crippen molar-refractivity contribution in [2.45, 2.75) is 6.54 Å². The van der Waals surface area contributed by atoms with Crippen molar-refractivity contribution in [1.29, 1.82) is 0 Å². The number of hydrogen-bond acceptors (Lipinski definition) is 4. The van der Waals surface area contributed by atoms with Gasteiger partial charge in [-0.1, -0.05) is 30.3 Å². The fourth-order valence-corrected chi connectivity index (χ4v) is 2.60. The number of nitrogens with one attached hydrogen (secondary N) is 1. The van der Waals surface area contributed by atoms with Crippen LogP contribution in [0.2, 0.25) is 0 Å². The molecule has 0 spiro atoms. The number of nitrogens with zero attached hydrogens (tertiary/aromatic N) is 4. The highest BCUT2D eigenvalue weighted by molar-refractivity contribution is 5.93. The zero-order valence-corrected chi connectivity index (χ0v) is 13.3. The average molecular weight is 329 g/mol. The van der Waals surface area contributed by atoms with Crippen LogP contribution >= 0.6 is 0 Å². The molecule has 6 nitrogen and oxygen atoms in total. The number of carbonyl (C=O) groups is 1. The van der Waals surface area contributed by atoms with Gasteiger partial charge < -0.3 is 9.72 Å². The zero-order chi connectivity index (χ0) is 17.1. The van der Waals surface area contributed by atoms with Gasteiger partial charge in [0, 0.05) is 43.1 Å². The summed E-state index contributed by atoms with van der Waals surface area (Å²) in [6.45, 7) is 0.430. The van der Waals surface area contributed by atoms with Crippen LogP contribution in [-0.2, 0) is 6.54 Å². The Hall–Kier alpha value is -3.54. The summed E-state index contributed by atoms with van der Waals surface area (Å²) < 4.78 is 1.82. The maximum Gasteiger partial charge on any atom is 0.271 e. The van der Waals surface area contributed by atoms with Gasteiger partial charge in [0.25, 0.3) is 5.91 Å². The van der Waals surface area contributed by atoms with E-state index in [9.17, 15) is 4.79 Å². The highest BCUT2D eigenvalue weighted by Crippen LogP contribution is 2.21. The molecule has 1 aromatic carbocycles. The molecule has 0 unspecified atom stereocenters. The third kappa shape index (κ3) is 3.10. The topological polar surface area (TPSA) is 72.2 Å². The first-order chi connectivity index (χ1) is 12.3. The van der Waals surface area contributed by atoms with Crippen molar-refractivity contribution in [3.63, 3.8) is 0 Å². The Kier molecular flexibility index (Phi) is 3.92. The third-order valence-electron chi connectivity index (χ3n) is 3.86. The number of amides is 1. The molecule has 0 fully saturated rings. The highest BCUT2D eigenvalue weighted by atomic mass is 16.1. The number of hydrogen-bond donors (Lipinski definition) is 1. The molecule has 3 heterocycles. The Morgan fingerprint density at radius 3 is 2.64 bits per heavy atom. The zero-order valence-electron chi connectivity index (χ0n) is 13.3. The van der Waals surface area contributed by atoms with E-state index in [0.717, 1.165) is 16.8 Å². The second-order valence-corrected chi connectivity index (χ2v) is 5.54. The maximum atomic E-state index is 12.4. The van der Waals surface area contributed by atoms with Crippen LogP contribution in [0.25, 0.3) is 16.9 Å². The van der Waals surface area contributed by atoms with E-state index in [1.165, 1.54) is 0 Å². The number of carbonyl (C=O) groups excluding carboxylic acids is 1. The molecule has 6 heteroatoms. The number of imidazole rings is 1. The fraction of sp³-hybridized carbons (Fsp3) is 0.0526. The van der Waals surface area contributed by atoms with Crippen LogP contribution in [0.1, 0.15) is 16.1 Å². The number of benzene rings is 1. The summed E-state index contributed by atoms with van der Waals surface area (Å²) in [6.07, 6.45) is 8.60. The lowest BCUT2D eigenvalue weighted by atomic mass is 10.1. The fourth-order valence-electron chi connectivity index (χ4n) is 2.60. The summed E-state index contributed by atoms with van der Waals surface area (Å²) in [6, 6.07) is 13.5. The van der Waals surface area contributed by atoms with E-state index in [2.05, 4.69) is 20.3 Å². The molecule has 0 saturated carbocycles. The predicted octanol–water partition coefficient (Wildman–Crippen LogP) is 2.72. The van der Waals surface area contributed by atoms with Crippen LogP contribution in [0.4, 0.5) is 0 Å². The van der Waals surface area contributed by atoms with Crippen molar-refractivity contribution in [3.8, 4) is 11.3 Å². The predicted molar refractivity (Wildman–Crippen MR) is 93.8 cm³/mol. The van der Waals surface area contributed by atoms with Gasteiger partial charge in [-0.15, -0.1) is 0 Å². The van der Waals surface area contributed by atoms with Crippen molar-refractivity contribution >= 4 is 11.6 Å². The Labute approximate surface area is 144 Å². The van der Waals surface area contributed by atoms with E-state index >= 15 is 0 Å². The molecule has 4 rings (SSSR count). The molecule has 0 aliphatic heterocycles. The smallest absolute Gasteiger partial charge is 0.271 e. The Balaban J connectivity index is 1.62. The number of rotatable bonds is 4. The summed E-state index contributed by atoms with van der Waals surface area (Å²) in [5.74, 6) is -0.223. The van der Waals surface area contributed by atoms with E-state index < -0.39 is 0 Å². The first-order valence-electron chi connectivity index (χ1n) is 7.87. The van der Waals surface area contributed by atoms with E-state index in [1.54, 1.807) is 31.0 Å². The van der Waals surface area contributed by atoms with Crippen LogP contribution in [-0.4, -0.2) is 25.3 Å². The van der Waals surface area contributed by atoms with Gasteiger partial charge in [-0.3, -0.25) is 14.8 Å². The molecule has 0 aliphatic rings. The maximum absolute atomic E-state index is 12.4. The molecule has 0 bridgehead atoms. The largest absolute Gasteiger partial charge is 0.347 e. The van der Waals surface area contributed by atoms with E-state index in [0.29, 0.717) is 17.9 Å². The van der Waals surface area contributed by atoms with Crippen LogP contribution in [0.3, 0.4) is 0 Å². The highest BCUT2D eigenvalue weighted by Gasteiger charge is 2.14. The molecule has 25 heavy (non-hydrogen) atoms. The van der Waals surface area contributed by atoms with Gasteiger partial charge in [0.05, 0.1) is 0 Å². The lowest BCUT2D eigenvalue weighted by Crippen LogP contribution is -2.23. The molecule has 0 atom stereocenters. The van der Waals surface area contributed by atoms with Gasteiger partial charge in [-0.05, 0) is 17.7 Å². The summed E-state index contributed by atoms with van der Waals surface area (Å²) in [7, 11) is 0. The molecule has 0 aliphatic carbocycles. The molecule has 0 radical (unpaired) electrons. The van der Waals surface area contributed by atoms with Crippen molar-refractivity contribution in [2.75, 3.05) is 0 Å². The molecule has 1 N–H and O–H groups in total. The van der Waals surface area contributed by atoms with Crippen molar-refractivity contribution < 1.29 is 4.79 Å². The second kappa shape index (κ2) is 6.52. The van der Waals surface area contributed by atoms with Crippen LogP contribution < -0.4 is 5.32 Å². The van der Waals surface area contributed by atoms with E-state index in [-0.39, 0.29) is 5.91 Å². The summed E-state index contributed by atoms with van der Waals surface area (Å²) in [5.41, 5.74) is 3.71. The molecular weight excluding hydrogens is 314 g/mol. The molecule has 0 saturated heterocycles. The lowest BCUT2D eigenvalue weighted by molar-refractivity contribution is 0.0946. The second-order valence-electron chi connectivity index (χ2n) is 5.54. The number of aromatic nitrogens is 4. The summed E-state index contributed by atoms with van der Waals surface area (Å²) in [5, 5.41) is 2.87. The van der Waals surface area contributed by atoms with Gasteiger partial charge in [0.15, 0.2) is 5.65 Å². The Morgan fingerprint density at radius 1 is 1.04 bits per heavy atom. The normalized spacial score (nSPS) is 10.7. The lowest BCUT2D eigenvalue weighted by Gasteiger charge is -2.02. The molecule has 122 valence electrons. The monoisotopic (exact) mass is 329 g/mol. The minimum atomic E-state index is -0.223. The van der Waals surface area contributed by atoms with Crippen LogP contribution in [0.5, 0.6) is 0 Å². The number of fused-ring (bicyclic) bond motifs is 1. The van der Waals surface area contributed by atoms with Crippen LogP contribution in [0.15, 0.2) is 73.4 Å². The molecule has 3 aromatic heterocycles. The Bertz CT molecular complexity index is 1010.